The van der Waals surface area contributed by atoms with Gasteiger partial charge in [-0.3, -0.25) is 25.0 Å². The fraction of sp³-hybridized carbons (Fsp3) is 0.0455. The van der Waals surface area contributed by atoms with E-state index < -0.39 is 22.8 Å². The highest BCUT2D eigenvalue weighted by Crippen LogP contribution is 2.28. The average molecular weight is 496 g/mol. The summed E-state index contributed by atoms with van der Waals surface area (Å²) in [6.07, 6.45) is 1.25. The lowest BCUT2D eigenvalue weighted by atomic mass is 10.1. The van der Waals surface area contributed by atoms with Crippen molar-refractivity contribution in [1.82, 2.24) is 5.32 Å². The molecule has 0 spiro atoms. The molecule has 4 rings (SSSR count). The molecule has 1 aromatic heterocycles. The van der Waals surface area contributed by atoms with E-state index in [-0.39, 0.29) is 17.0 Å². The molecule has 1 fully saturated rings. The van der Waals surface area contributed by atoms with Gasteiger partial charge < -0.3 is 4.42 Å². The summed E-state index contributed by atoms with van der Waals surface area (Å²) in [7, 11) is 0. The predicted molar refractivity (Wildman–Crippen MR) is 119 cm³/mol. The van der Waals surface area contributed by atoms with Crippen LogP contribution in [0.5, 0.6) is 0 Å². The number of amides is 4. The summed E-state index contributed by atoms with van der Waals surface area (Å²) in [5.41, 5.74) is 1.39. The lowest BCUT2D eigenvalue weighted by Crippen LogP contribution is -2.54. The van der Waals surface area contributed by atoms with E-state index in [1.54, 1.807) is 30.3 Å². The van der Waals surface area contributed by atoms with Gasteiger partial charge in [-0.15, -0.1) is 0 Å². The molecule has 1 N–H and O–H groups in total. The van der Waals surface area contributed by atoms with Gasteiger partial charge in [0.25, 0.3) is 17.5 Å². The molecule has 2 heterocycles. The topological polar surface area (TPSA) is 123 Å². The van der Waals surface area contributed by atoms with E-state index in [4.69, 9.17) is 4.42 Å². The van der Waals surface area contributed by atoms with Gasteiger partial charge in [0.1, 0.15) is 17.1 Å². The van der Waals surface area contributed by atoms with Gasteiger partial charge in [0.05, 0.1) is 10.6 Å². The van der Waals surface area contributed by atoms with E-state index in [9.17, 15) is 24.5 Å². The molecule has 9 nitrogen and oxygen atoms in total. The largest absolute Gasteiger partial charge is 0.457 e. The van der Waals surface area contributed by atoms with E-state index in [2.05, 4.69) is 21.2 Å². The molecule has 10 heteroatoms. The summed E-state index contributed by atoms with van der Waals surface area (Å²) in [4.78, 5) is 48.8. The number of urea groups is 1. The second kappa shape index (κ2) is 8.23. The van der Waals surface area contributed by atoms with Crippen LogP contribution in [-0.2, 0) is 9.59 Å². The normalized spacial score (nSPS) is 15.2. The van der Waals surface area contributed by atoms with E-state index in [0.29, 0.717) is 17.0 Å². The number of benzene rings is 2. The number of nitro groups is 1. The third kappa shape index (κ3) is 3.95. The molecule has 1 aliphatic heterocycles. The van der Waals surface area contributed by atoms with Gasteiger partial charge in [-0.25, -0.2) is 9.69 Å². The molecule has 32 heavy (non-hydrogen) atoms. The first kappa shape index (κ1) is 21.2. The number of nitrogens with one attached hydrogen (secondary N) is 1. The number of rotatable bonds is 4. The first-order chi connectivity index (χ1) is 15.2. The quantitative estimate of drug-likeness (QED) is 0.244. The second-order valence-electron chi connectivity index (χ2n) is 6.90. The molecule has 3 aromatic rings. The van der Waals surface area contributed by atoms with Crippen molar-refractivity contribution in [1.29, 1.82) is 0 Å². The lowest BCUT2D eigenvalue weighted by molar-refractivity contribution is -0.384. The third-order valence-electron chi connectivity index (χ3n) is 4.78. The number of carbonyl (C=O) groups excluding carboxylic acids is 3. The molecule has 0 unspecified atom stereocenters. The van der Waals surface area contributed by atoms with Crippen molar-refractivity contribution in [3.05, 3.63) is 86.1 Å². The van der Waals surface area contributed by atoms with Crippen molar-refractivity contribution >= 4 is 51.2 Å². The number of imide groups is 2. The molecular weight excluding hydrogens is 482 g/mol. The van der Waals surface area contributed by atoms with Crippen molar-refractivity contribution in [2.75, 3.05) is 4.90 Å². The summed E-state index contributed by atoms with van der Waals surface area (Å²) in [6.45, 7) is 1.81. The highest BCUT2D eigenvalue weighted by Gasteiger charge is 2.37. The molecule has 0 bridgehead atoms. The number of furan rings is 1. The van der Waals surface area contributed by atoms with Crippen LogP contribution in [0, 0.1) is 17.0 Å². The van der Waals surface area contributed by atoms with Crippen LogP contribution in [-0.4, -0.2) is 22.8 Å². The lowest BCUT2D eigenvalue weighted by Gasteiger charge is -2.26. The Bertz CT molecular complexity index is 1310. The molecular formula is C22H14BrN3O6. The van der Waals surface area contributed by atoms with Gasteiger partial charge in [-0.1, -0.05) is 15.9 Å². The number of hydrogen-bond acceptors (Lipinski definition) is 6. The van der Waals surface area contributed by atoms with Crippen LogP contribution in [0.3, 0.4) is 0 Å². The van der Waals surface area contributed by atoms with E-state index in [1.165, 1.54) is 30.3 Å². The van der Waals surface area contributed by atoms with Crippen LogP contribution < -0.4 is 10.2 Å². The van der Waals surface area contributed by atoms with E-state index >= 15 is 0 Å². The van der Waals surface area contributed by atoms with Crippen LogP contribution >= 0.6 is 15.9 Å². The molecule has 1 saturated heterocycles. The minimum Gasteiger partial charge on any atom is -0.457 e. The summed E-state index contributed by atoms with van der Waals surface area (Å²) in [6, 6.07) is 13.0. The highest BCUT2D eigenvalue weighted by molar-refractivity contribution is 9.10. The minimum absolute atomic E-state index is 0.0555. The molecule has 2 aromatic carbocycles. The zero-order chi connectivity index (χ0) is 23.0. The van der Waals surface area contributed by atoms with Crippen molar-refractivity contribution in [3.63, 3.8) is 0 Å². The van der Waals surface area contributed by atoms with Crippen LogP contribution in [0.1, 0.15) is 11.3 Å². The van der Waals surface area contributed by atoms with Crippen molar-refractivity contribution in [2.45, 2.75) is 6.92 Å². The average Bonchev–Trinajstić information content (AvgIpc) is 3.22. The fourth-order valence-electron chi connectivity index (χ4n) is 3.14. The number of non-ortho nitro benzene ring substituents is 1. The predicted octanol–water partition coefficient (Wildman–Crippen LogP) is 4.59. The number of nitrogens with zero attached hydrogens (tertiary/aromatic N) is 2. The Kier molecular flexibility index (Phi) is 5.45. The van der Waals surface area contributed by atoms with Crippen LogP contribution in [0.15, 0.2) is 69.1 Å². The smallest absolute Gasteiger partial charge is 0.335 e. The zero-order valence-corrected chi connectivity index (χ0v) is 18.1. The van der Waals surface area contributed by atoms with Crippen LogP contribution in [0.4, 0.5) is 16.2 Å². The van der Waals surface area contributed by atoms with E-state index in [0.717, 1.165) is 14.9 Å². The van der Waals surface area contributed by atoms with Crippen LogP contribution in [0.25, 0.3) is 17.4 Å². The maximum atomic E-state index is 13.0. The Hall–Kier alpha value is -4.05. The number of nitro benzene ring substituents is 1. The summed E-state index contributed by atoms with van der Waals surface area (Å²) >= 11 is 3.37. The van der Waals surface area contributed by atoms with E-state index in [1.807, 2.05) is 6.92 Å². The first-order valence-electron chi connectivity index (χ1n) is 9.27. The second-order valence-corrected chi connectivity index (χ2v) is 7.75. The Morgan fingerprint density at radius 3 is 2.44 bits per heavy atom. The number of hydrogen-bond donors (Lipinski definition) is 1. The molecule has 160 valence electrons. The molecule has 0 atom stereocenters. The van der Waals surface area contributed by atoms with Crippen molar-refractivity contribution in [3.8, 4) is 11.3 Å². The fourth-order valence-corrected chi connectivity index (χ4v) is 3.38. The molecule has 0 radical (unpaired) electrons. The Morgan fingerprint density at radius 2 is 1.78 bits per heavy atom. The van der Waals surface area contributed by atoms with Gasteiger partial charge in [0.15, 0.2) is 0 Å². The number of halogens is 1. The maximum absolute atomic E-state index is 13.0. The number of carbonyl (C=O) groups is 3. The summed E-state index contributed by atoms with van der Waals surface area (Å²) < 4.78 is 6.50. The minimum atomic E-state index is -0.843. The molecule has 4 amide bonds. The Morgan fingerprint density at radius 1 is 1.06 bits per heavy atom. The monoisotopic (exact) mass is 495 g/mol. The summed E-state index contributed by atoms with van der Waals surface area (Å²) in [5.74, 6) is -1.02. The Labute approximate surface area is 189 Å². The standard InChI is InChI=1S/C22H14BrN3O6/c1-12-10-15(6-8-18(12)23)25-21(28)17(20(27)24-22(25)29)11-16-7-9-19(32-16)13-2-4-14(5-3-13)26(30)31/h2-11H,1H3,(H,24,27,29)/b17-11-. The first-order valence-corrected chi connectivity index (χ1v) is 10.1. The van der Waals surface area contributed by atoms with Crippen molar-refractivity contribution < 1.29 is 23.7 Å². The maximum Gasteiger partial charge on any atom is 0.335 e. The zero-order valence-electron chi connectivity index (χ0n) is 16.5. The van der Waals surface area contributed by atoms with Crippen LogP contribution in [0.2, 0.25) is 0 Å². The van der Waals surface area contributed by atoms with Gasteiger partial charge in [-0.2, -0.15) is 0 Å². The van der Waals surface area contributed by atoms with Gasteiger partial charge in [0, 0.05) is 22.2 Å². The molecule has 1 aliphatic rings. The number of barbiturate groups is 1. The Balaban J connectivity index is 1.65. The van der Waals surface area contributed by atoms with Gasteiger partial charge in [0.2, 0.25) is 0 Å². The molecule has 0 aliphatic carbocycles. The summed E-state index contributed by atoms with van der Waals surface area (Å²) in [5, 5.41) is 13.0. The highest BCUT2D eigenvalue weighted by atomic mass is 79.9. The third-order valence-corrected chi connectivity index (χ3v) is 5.67. The van der Waals surface area contributed by atoms with Crippen molar-refractivity contribution in [2.24, 2.45) is 0 Å². The number of aryl methyl sites for hydroxylation is 1. The SMILES string of the molecule is Cc1cc(N2C(=O)NC(=O)/C(=C/c3ccc(-c4ccc([N+](=O)[O-])cc4)o3)C2=O)ccc1Br. The molecule has 0 saturated carbocycles. The number of anilines is 1. The van der Waals surface area contributed by atoms with Gasteiger partial charge >= 0.3 is 6.03 Å². The van der Waals surface area contributed by atoms with Gasteiger partial charge in [-0.05, 0) is 61.0 Å².